The molecule has 1 aromatic carbocycles. The molecule has 0 saturated carbocycles. The average molecular weight is 234 g/mol. The fourth-order valence-electron chi connectivity index (χ4n) is 2.55. The van der Waals surface area contributed by atoms with Gasteiger partial charge in [0.1, 0.15) is 0 Å². The van der Waals surface area contributed by atoms with Crippen LogP contribution in [0, 0.1) is 6.92 Å². The number of hydrogen-bond donors (Lipinski definition) is 2. The molecule has 0 bridgehead atoms. The first kappa shape index (κ1) is 12.4. The van der Waals surface area contributed by atoms with E-state index in [1.807, 2.05) is 0 Å². The number of β-amino-alcohol motifs (C(OH)–C–C–N with tert-alkyl or cyclic N) is 1. The van der Waals surface area contributed by atoms with Crippen LogP contribution in [0.15, 0.2) is 18.2 Å². The summed E-state index contributed by atoms with van der Waals surface area (Å²) in [5, 5.41) is 13.1. The van der Waals surface area contributed by atoms with Gasteiger partial charge in [0.25, 0.3) is 0 Å². The van der Waals surface area contributed by atoms with Crippen molar-refractivity contribution >= 4 is 5.69 Å². The molecule has 0 spiro atoms. The number of hydrogen-bond acceptors (Lipinski definition) is 3. The third kappa shape index (κ3) is 2.79. The summed E-state index contributed by atoms with van der Waals surface area (Å²) < 4.78 is 0. The number of benzene rings is 1. The van der Waals surface area contributed by atoms with E-state index in [4.69, 9.17) is 0 Å². The molecule has 1 aromatic rings. The van der Waals surface area contributed by atoms with Gasteiger partial charge in [-0.15, -0.1) is 0 Å². The predicted molar refractivity (Wildman–Crippen MR) is 71.6 cm³/mol. The molecule has 0 amide bonds. The standard InChI is InChI=1S/C14H22N2O/c1-3-12-6-4-5-11(2)14(12)16-8-7-15-9-13(17)10-16/h4-6,13,15,17H,3,7-10H2,1-2H3. The lowest BCUT2D eigenvalue weighted by molar-refractivity contribution is 0.185. The average Bonchev–Trinajstić information content (AvgIpc) is 2.53. The van der Waals surface area contributed by atoms with Gasteiger partial charge in [0, 0.05) is 31.9 Å². The van der Waals surface area contributed by atoms with Gasteiger partial charge in [-0.2, -0.15) is 0 Å². The van der Waals surface area contributed by atoms with Crippen molar-refractivity contribution in [3.8, 4) is 0 Å². The van der Waals surface area contributed by atoms with Crippen molar-refractivity contribution in [2.45, 2.75) is 26.4 Å². The lowest BCUT2D eigenvalue weighted by atomic mass is 10.0. The van der Waals surface area contributed by atoms with E-state index >= 15 is 0 Å². The molecule has 1 atom stereocenters. The van der Waals surface area contributed by atoms with Crippen LogP contribution in [0.25, 0.3) is 0 Å². The Bertz CT molecular complexity index is 378. The van der Waals surface area contributed by atoms with Gasteiger partial charge in [-0.1, -0.05) is 25.1 Å². The van der Waals surface area contributed by atoms with Crippen LogP contribution in [-0.4, -0.2) is 37.4 Å². The normalized spacial score (nSPS) is 21.4. The van der Waals surface area contributed by atoms with Crippen LogP contribution in [-0.2, 0) is 6.42 Å². The van der Waals surface area contributed by atoms with Crippen molar-refractivity contribution in [3.05, 3.63) is 29.3 Å². The van der Waals surface area contributed by atoms with Gasteiger partial charge >= 0.3 is 0 Å². The number of aliphatic hydroxyl groups is 1. The molecule has 3 nitrogen and oxygen atoms in total. The van der Waals surface area contributed by atoms with Crippen LogP contribution in [0.1, 0.15) is 18.1 Å². The van der Waals surface area contributed by atoms with Crippen LogP contribution < -0.4 is 10.2 Å². The Hall–Kier alpha value is -1.06. The number of nitrogens with zero attached hydrogens (tertiary/aromatic N) is 1. The molecule has 2 N–H and O–H groups in total. The Kier molecular flexibility index (Phi) is 4.02. The molecular weight excluding hydrogens is 212 g/mol. The minimum Gasteiger partial charge on any atom is -0.390 e. The highest BCUT2D eigenvalue weighted by Gasteiger charge is 2.19. The number of aryl methyl sites for hydroxylation is 2. The van der Waals surface area contributed by atoms with E-state index in [-0.39, 0.29) is 6.10 Å². The summed E-state index contributed by atoms with van der Waals surface area (Å²) in [6.45, 7) is 7.67. The highest BCUT2D eigenvalue weighted by atomic mass is 16.3. The summed E-state index contributed by atoms with van der Waals surface area (Å²) in [4.78, 5) is 2.32. The quantitative estimate of drug-likeness (QED) is 0.810. The second-order valence-electron chi connectivity index (χ2n) is 4.74. The minimum atomic E-state index is -0.276. The molecule has 3 heteroatoms. The zero-order valence-electron chi connectivity index (χ0n) is 10.7. The number of anilines is 1. The van der Waals surface area contributed by atoms with Crippen molar-refractivity contribution in [1.82, 2.24) is 5.32 Å². The van der Waals surface area contributed by atoms with Gasteiger partial charge in [0.15, 0.2) is 0 Å². The molecule has 94 valence electrons. The summed E-state index contributed by atoms with van der Waals surface area (Å²) in [5.41, 5.74) is 4.00. The molecule has 1 aliphatic rings. The first-order valence-electron chi connectivity index (χ1n) is 6.44. The maximum Gasteiger partial charge on any atom is 0.0839 e. The molecule has 0 radical (unpaired) electrons. The number of aliphatic hydroxyl groups excluding tert-OH is 1. The monoisotopic (exact) mass is 234 g/mol. The molecule has 1 fully saturated rings. The highest BCUT2D eigenvalue weighted by Crippen LogP contribution is 2.26. The smallest absolute Gasteiger partial charge is 0.0839 e. The Morgan fingerprint density at radius 3 is 3.06 bits per heavy atom. The Morgan fingerprint density at radius 2 is 2.29 bits per heavy atom. The van der Waals surface area contributed by atoms with E-state index in [9.17, 15) is 5.11 Å². The van der Waals surface area contributed by atoms with Gasteiger partial charge in [0.05, 0.1) is 6.10 Å². The van der Waals surface area contributed by atoms with Crippen molar-refractivity contribution < 1.29 is 5.11 Å². The highest BCUT2D eigenvalue weighted by molar-refractivity contribution is 5.59. The van der Waals surface area contributed by atoms with E-state index in [0.717, 1.165) is 26.1 Å². The van der Waals surface area contributed by atoms with E-state index in [1.54, 1.807) is 0 Å². The molecule has 2 rings (SSSR count). The van der Waals surface area contributed by atoms with Gasteiger partial charge in [-0.05, 0) is 24.5 Å². The van der Waals surface area contributed by atoms with Gasteiger partial charge in [0.2, 0.25) is 0 Å². The summed E-state index contributed by atoms with van der Waals surface area (Å²) in [7, 11) is 0. The van der Waals surface area contributed by atoms with Crippen LogP contribution >= 0.6 is 0 Å². The largest absolute Gasteiger partial charge is 0.390 e. The lowest BCUT2D eigenvalue weighted by Crippen LogP contribution is -2.33. The molecule has 1 aliphatic heterocycles. The molecule has 1 unspecified atom stereocenters. The zero-order valence-corrected chi connectivity index (χ0v) is 10.7. The summed E-state index contributed by atoms with van der Waals surface area (Å²) in [6, 6.07) is 6.45. The fraction of sp³-hybridized carbons (Fsp3) is 0.571. The first-order valence-corrected chi connectivity index (χ1v) is 6.44. The first-order chi connectivity index (χ1) is 8.22. The van der Waals surface area contributed by atoms with Gasteiger partial charge in [-0.3, -0.25) is 0 Å². The van der Waals surface area contributed by atoms with Gasteiger partial charge in [-0.25, -0.2) is 0 Å². The topological polar surface area (TPSA) is 35.5 Å². The van der Waals surface area contributed by atoms with Crippen molar-refractivity contribution in [2.24, 2.45) is 0 Å². The molecule has 1 heterocycles. The van der Waals surface area contributed by atoms with E-state index in [0.29, 0.717) is 6.54 Å². The second kappa shape index (κ2) is 5.52. The third-order valence-electron chi connectivity index (χ3n) is 3.39. The molecule has 0 aromatic heterocycles. The van der Waals surface area contributed by atoms with Crippen LogP contribution in [0.4, 0.5) is 5.69 Å². The van der Waals surface area contributed by atoms with Crippen LogP contribution in [0.5, 0.6) is 0 Å². The fourth-order valence-corrected chi connectivity index (χ4v) is 2.55. The Balaban J connectivity index is 2.31. The second-order valence-corrected chi connectivity index (χ2v) is 4.74. The summed E-state index contributed by atoms with van der Waals surface area (Å²) >= 11 is 0. The van der Waals surface area contributed by atoms with Crippen LogP contribution in [0.3, 0.4) is 0 Å². The van der Waals surface area contributed by atoms with Crippen molar-refractivity contribution in [2.75, 3.05) is 31.1 Å². The maximum atomic E-state index is 9.87. The van der Waals surface area contributed by atoms with E-state index in [1.165, 1.54) is 16.8 Å². The molecule has 1 saturated heterocycles. The van der Waals surface area contributed by atoms with Crippen LogP contribution in [0.2, 0.25) is 0 Å². The number of rotatable bonds is 2. The lowest BCUT2D eigenvalue weighted by Gasteiger charge is -2.28. The molecular formula is C14H22N2O. The Morgan fingerprint density at radius 1 is 1.47 bits per heavy atom. The van der Waals surface area contributed by atoms with E-state index in [2.05, 4.69) is 42.3 Å². The Labute approximate surface area is 103 Å². The number of para-hydroxylation sites is 1. The van der Waals surface area contributed by atoms with Crippen molar-refractivity contribution in [1.29, 1.82) is 0 Å². The summed E-state index contributed by atoms with van der Waals surface area (Å²) in [5.74, 6) is 0. The predicted octanol–water partition coefficient (Wildman–Crippen LogP) is 1.33. The molecule has 0 aliphatic carbocycles. The zero-order chi connectivity index (χ0) is 12.3. The minimum absolute atomic E-state index is 0.276. The maximum absolute atomic E-state index is 9.87. The number of nitrogens with one attached hydrogen (secondary N) is 1. The SMILES string of the molecule is CCc1cccc(C)c1N1CCNCC(O)C1. The summed E-state index contributed by atoms with van der Waals surface area (Å²) in [6.07, 6.45) is 0.763. The van der Waals surface area contributed by atoms with E-state index < -0.39 is 0 Å². The van der Waals surface area contributed by atoms with Crippen molar-refractivity contribution in [3.63, 3.8) is 0 Å². The van der Waals surface area contributed by atoms with Gasteiger partial charge < -0.3 is 15.3 Å². The molecule has 17 heavy (non-hydrogen) atoms. The third-order valence-corrected chi connectivity index (χ3v) is 3.39.